The second-order valence-electron chi connectivity index (χ2n) is 7.91. The van der Waals surface area contributed by atoms with Crippen molar-refractivity contribution >= 4 is 27.7 Å². The molecule has 0 aromatic heterocycles. The quantitative estimate of drug-likeness (QED) is 0.221. The lowest BCUT2D eigenvalue weighted by atomic mass is 9.82. The van der Waals surface area contributed by atoms with E-state index < -0.39 is 17.6 Å². The Morgan fingerprint density at radius 3 is 2.44 bits per heavy atom. The lowest BCUT2D eigenvalue weighted by Crippen LogP contribution is -2.49. The van der Waals surface area contributed by atoms with Crippen molar-refractivity contribution < 1.29 is 24.6 Å². The van der Waals surface area contributed by atoms with Crippen LogP contribution in [-0.4, -0.2) is 40.9 Å². The highest BCUT2D eigenvalue weighted by Gasteiger charge is 2.53. The van der Waals surface area contributed by atoms with Gasteiger partial charge in [-0.25, -0.2) is 10.5 Å². The monoisotopic (exact) mass is 524 g/mol. The molecule has 176 valence electrons. The zero-order chi connectivity index (χ0) is 24.0. The molecule has 1 amide bonds. The summed E-state index contributed by atoms with van der Waals surface area (Å²) in [6.45, 7) is 0.476. The molecule has 3 aromatic rings. The van der Waals surface area contributed by atoms with Crippen LogP contribution in [0.2, 0.25) is 0 Å². The number of hydroxylamine groups is 1. The van der Waals surface area contributed by atoms with E-state index in [2.05, 4.69) is 15.9 Å². The lowest BCUT2D eigenvalue weighted by molar-refractivity contribution is -0.137. The Morgan fingerprint density at radius 1 is 1.06 bits per heavy atom. The Labute approximate surface area is 206 Å². The third-order valence-electron chi connectivity index (χ3n) is 5.64. The van der Waals surface area contributed by atoms with Crippen molar-refractivity contribution in [2.24, 2.45) is 4.99 Å². The highest BCUT2D eigenvalue weighted by atomic mass is 79.9. The number of halogens is 1. The summed E-state index contributed by atoms with van der Waals surface area (Å²) in [5.41, 5.74) is 2.67. The number of aliphatic hydroxyl groups excluding tert-OH is 1. The first-order chi connectivity index (χ1) is 16.6. The van der Waals surface area contributed by atoms with Gasteiger partial charge in [-0.2, -0.15) is 0 Å². The molecular weight excluding hydrogens is 500 g/mol. The van der Waals surface area contributed by atoms with Crippen LogP contribution < -0.4 is 10.2 Å². The van der Waals surface area contributed by atoms with Gasteiger partial charge in [0.1, 0.15) is 5.75 Å². The minimum atomic E-state index is -1.44. The number of hydrogen-bond acceptors (Lipinski definition) is 6. The van der Waals surface area contributed by atoms with Gasteiger partial charge in [-0.3, -0.25) is 10.0 Å². The van der Waals surface area contributed by atoms with Gasteiger partial charge in [-0.15, -0.1) is 0 Å². The van der Waals surface area contributed by atoms with Crippen LogP contribution in [0.5, 0.6) is 5.75 Å². The number of benzene rings is 3. The maximum absolute atomic E-state index is 13.2. The Bertz CT molecular complexity index is 1150. The van der Waals surface area contributed by atoms with Crippen LogP contribution in [0.3, 0.4) is 0 Å². The maximum Gasteiger partial charge on any atom is 0.275 e. The topological polar surface area (TPSA) is 100 Å². The minimum absolute atomic E-state index is 0.0651. The highest BCUT2D eigenvalue weighted by Crippen LogP contribution is 2.44. The molecule has 1 aliphatic heterocycles. The van der Waals surface area contributed by atoms with E-state index in [-0.39, 0.29) is 13.0 Å². The first-order valence-corrected chi connectivity index (χ1v) is 11.7. The van der Waals surface area contributed by atoms with Gasteiger partial charge in [0.15, 0.2) is 11.6 Å². The predicted octanol–water partition coefficient (Wildman–Crippen LogP) is 4.22. The molecule has 0 saturated heterocycles. The van der Waals surface area contributed by atoms with Gasteiger partial charge in [0.05, 0.1) is 6.61 Å². The van der Waals surface area contributed by atoms with E-state index in [4.69, 9.17) is 19.6 Å². The summed E-state index contributed by atoms with van der Waals surface area (Å²) >= 11 is 3.57. The average molecular weight is 525 g/mol. The number of carbonyl (C=O) groups is 1. The second kappa shape index (κ2) is 10.8. The molecule has 3 N–H and O–H groups in total. The molecule has 34 heavy (non-hydrogen) atoms. The third-order valence-corrected chi connectivity index (χ3v) is 6.36. The summed E-state index contributed by atoms with van der Waals surface area (Å²) in [7, 11) is 0. The largest absolute Gasteiger partial charge is 0.494 e. The number of carbonyl (C=O) groups excluding carboxylic acids is 1. The summed E-state index contributed by atoms with van der Waals surface area (Å²) < 4.78 is 12.7. The van der Waals surface area contributed by atoms with Crippen LogP contribution >= 0.6 is 15.9 Å². The molecule has 0 unspecified atom stereocenters. The SMILES string of the molecule is O=C(NO)[C@@]1(Cc2ccccc2)N=C(c2ccc(OCCCO)cc2)O[C@H]1c1ccccc1Br. The first kappa shape index (κ1) is 23.9. The van der Waals surface area contributed by atoms with E-state index in [1.807, 2.05) is 60.1 Å². The Kier molecular flexibility index (Phi) is 7.62. The number of aliphatic imine (C=N–C) groups is 1. The summed E-state index contributed by atoms with van der Waals surface area (Å²) in [5, 5.41) is 18.6. The van der Waals surface area contributed by atoms with Crippen LogP contribution in [0.4, 0.5) is 0 Å². The molecule has 0 fully saturated rings. The van der Waals surface area contributed by atoms with Crippen molar-refractivity contribution in [3.05, 3.63) is 100 Å². The predicted molar refractivity (Wildman–Crippen MR) is 131 cm³/mol. The number of ether oxygens (including phenoxy) is 2. The molecule has 1 aliphatic rings. The van der Waals surface area contributed by atoms with Gasteiger partial charge < -0.3 is 14.6 Å². The van der Waals surface area contributed by atoms with Crippen molar-refractivity contribution in [2.45, 2.75) is 24.5 Å². The molecule has 0 saturated carbocycles. The molecule has 8 heteroatoms. The fourth-order valence-corrected chi connectivity index (χ4v) is 4.44. The van der Waals surface area contributed by atoms with Crippen molar-refractivity contribution in [1.82, 2.24) is 5.48 Å². The zero-order valence-corrected chi connectivity index (χ0v) is 19.9. The summed E-state index contributed by atoms with van der Waals surface area (Å²) in [6.07, 6.45) is -0.0207. The second-order valence-corrected chi connectivity index (χ2v) is 8.77. The summed E-state index contributed by atoms with van der Waals surface area (Å²) in [6, 6.07) is 24.2. The minimum Gasteiger partial charge on any atom is -0.494 e. The van der Waals surface area contributed by atoms with Crippen LogP contribution in [0.1, 0.15) is 29.2 Å². The third kappa shape index (κ3) is 4.99. The highest BCUT2D eigenvalue weighted by molar-refractivity contribution is 9.10. The van der Waals surface area contributed by atoms with E-state index in [0.29, 0.717) is 30.2 Å². The van der Waals surface area contributed by atoms with E-state index in [1.165, 1.54) is 0 Å². The summed E-state index contributed by atoms with van der Waals surface area (Å²) in [4.78, 5) is 18.0. The van der Waals surface area contributed by atoms with Crippen LogP contribution in [0.25, 0.3) is 0 Å². The molecule has 2 atom stereocenters. The van der Waals surface area contributed by atoms with Crippen LogP contribution in [0, 0.1) is 0 Å². The average Bonchev–Trinajstić information content (AvgIpc) is 3.25. The number of hydrogen-bond donors (Lipinski definition) is 3. The molecule has 4 rings (SSSR count). The number of aliphatic hydroxyl groups is 1. The maximum atomic E-state index is 13.2. The van der Waals surface area contributed by atoms with Gasteiger partial charge in [-0.05, 0) is 35.9 Å². The molecular formula is C26H25BrN2O5. The number of nitrogens with zero attached hydrogens (tertiary/aromatic N) is 1. The fraction of sp³-hybridized carbons (Fsp3) is 0.231. The number of rotatable bonds is 9. The molecule has 0 bridgehead atoms. The first-order valence-electron chi connectivity index (χ1n) is 10.9. The van der Waals surface area contributed by atoms with Crippen molar-refractivity contribution in [1.29, 1.82) is 0 Å². The zero-order valence-electron chi connectivity index (χ0n) is 18.4. The van der Waals surface area contributed by atoms with Gasteiger partial charge in [0, 0.05) is 35.0 Å². The van der Waals surface area contributed by atoms with E-state index in [0.717, 1.165) is 15.6 Å². The standard InChI is InChI=1S/C26H25BrN2O5/c27-22-10-5-4-9-21(22)23-26(25(31)29-32,17-18-7-2-1-3-8-18)28-24(34-23)19-11-13-20(14-12-19)33-16-6-15-30/h1-5,7-14,23,30,32H,6,15-17H2,(H,29,31)/t23-,26-/m0/s1. The van der Waals surface area contributed by atoms with Crippen LogP contribution in [0.15, 0.2) is 88.3 Å². The van der Waals surface area contributed by atoms with Gasteiger partial charge in [-0.1, -0.05) is 64.5 Å². The fourth-order valence-electron chi connectivity index (χ4n) is 3.95. The molecule has 0 aliphatic carbocycles. The molecule has 7 nitrogen and oxygen atoms in total. The van der Waals surface area contributed by atoms with Crippen molar-refractivity contribution in [3.8, 4) is 5.75 Å². The lowest BCUT2D eigenvalue weighted by Gasteiger charge is -2.30. The Balaban J connectivity index is 1.75. The van der Waals surface area contributed by atoms with Gasteiger partial charge in [0.25, 0.3) is 5.91 Å². The van der Waals surface area contributed by atoms with Crippen LogP contribution in [-0.2, 0) is 16.0 Å². The number of nitrogens with one attached hydrogen (secondary N) is 1. The smallest absolute Gasteiger partial charge is 0.275 e. The number of amides is 1. The van der Waals surface area contributed by atoms with Crippen molar-refractivity contribution in [3.63, 3.8) is 0 Å². The summed E-state index contributed by atoms with van der Waals surface area (Å²) in [5.74, 6) is 0.292. The molecule has 1 heterocycles. The van der Waals surface area contributed by atoms with E-state index in [9.17, 15) is 10.0 Å². The Morgan fingerprint density at radius 2 is 1.76 bits per heavy atom. The van der Waals surface area contributed by atoms with E-state index in [1.54, 1.807) is 24.3 Å². The van der Waals surface area contributed by atoms with Gasteiger partial charge in [0.2, 0.25) is 5.90 Å². The Hall–Kier alpha value is -3.20. The molecule has 3 aromatic carbocycles. The van der Waals surface area contributed by atoms with Crippen molar-refractivity contribution in [2.75, 3.05) is 13.2 Å². The van der Waals surface area contributed by atoms with E-state index >= 15 is 0 Å². The molecule has 0 radical (unpaired) electrons. The van der Waals surface area contributed by atoms with Gasteiger partial charge >= 0.3 is 0 Å². The normalized spacial score (nSPS) is 19.3. The molecule has 0 spiro atoms.